The lowest BCUT2D eigenvalue weighted by atomic mass is 10.1. The van der Waals surface area contributed by atoms with Crippen molar-refractivity contribution in [1.29, 1.82) is 0 Å². The minimum absolute atomic E-state index is 0.220. The van der Waals surface area contributed by atoms with E-state index in [-0.39, 0.29) is 6.10 Å². The molecule has 0 bridgehead atoms. The summed E-state index contributed by atoms with van der Waals surface area (Å²) in [6, 6.07) is 9.51. The van der Waals surface area contributed by atoms with Crippen LogP contribution >= 0.6 is 0 Å². The SMILES string of the molecule is COCCOC(C)C(O)c1ccccc1. The predicted octanol–water partition coefficient (Wildman–Crippen LogP) is 1.77. The molecule has 0 saturated heterocycles. The maximum atomic E-state index is 9.92. The topological polar surface area (TPSA) is 38.7 Å². The Labute approximate surface area is 90.6 Å². The highest BCUT2D eigenvalue weighted by molar-refractivity contribution is 5.18. The maximum absolute atomic E-state index is 9.92. The predicted molar refractivity (Wildman–Crippen MR) is 58.7 cm³/mol. The maximum Gasteiger partial charge on any atom is 0.105 e. The number of methoxy groups -OCH3 is 1. The van der Waals surface area contributed by atoms with Crippen molar-refractivity contribution in [1.82, 2.24) is 0 Å². The molecule has 0 aliphatic rings. The summed E-state index contributed by atoms with van der Waals surface area (Å²) in [4.78, 5) is 0. The van der Waals surface area contributed by atoms with E-state index in [1.807, 2.05) is 37.3 Å². The van der Waals surface area contributed by atoms with Gasteiger partial charge in [-0.25, -0.2) is 0 Å². The van der Waals surface area contributed by atoms with Crippen molar-refractivity contribution in [2.75, 3.05) is 20.3 Å². The van der Waals surface area contributed by atoms with Gasteiger partial charge in [-0.05, 0) is 12.5 Å². The normalized spacial score (nSPS) is 14.9. The Bertz CT molecular complexity index is 261. The van der Waals surface area contributed by atoms with Crippen molar-refractivity contribution >= 4 is 0 Å². The monoisotopic (exact) mass is 210 g/mol. The van der Waals surface area contributed by atoms with Crippen LogP contribution in [0.1, 0.15) is 18.6 Å². The lowest BCUT2D eigenvalue weighted by molar-refractivity contribution is -0.0432. The Balaban J connectivity index is 2.42. The molecule has 0 heterocycles. The van der Waals surface area contributed by atoms with Crippen LogP contribution in [-0.2, 0) is 9.47 Å². The molecule has 1 aromatic carbocycles. The first-order valence-electron chi connectivity index (χ1n) is 5.09. The fraction of sp³-hybridized carbons (Fsp3) is 0.500. The van der Waals surface area contributed by atoms with Crippen molar-refractivity contribution in [3.8, 4) is 0 Å². The third-order valence-electron chi connectivity index (χ3n) is 2.25. The third kappa shape index (κ3) is 4.00. The van der Waals surface area contributed by atoms with E-state index in [0.717, 1.165) is 5.56 Å². The molecule has 0 saturated carbocycles. The van der Waals surface area contributed by atoms with Crippen LogP contribution in [-0.4, -0.2) is 31.5 Å². The Morgan fingerprint density at radius 3 is 2.47 bits per heavy atom. The van der Waals surface area contributed by atoms with Crippen molar-refractivity contribution in [3.05, 3.63) is 35.9 Å². The minimum Gasteiger partial charge on any atom is -0.386 e. The van der Waals surface area contributed by atoms with Crippen LogP contribution in [0.25, 0.3) is 0 Å². The van der Waals surface area contributed by atoms with E-state index in [9.17, 15) is 5.11 Å². The van der Waals surface area contributed by atoms with Crippen molar-refractivity contribution in [2.45, 2.75) is 19.1 Å². The van der Waals surface area contributed by atoms with E-state index < -0.39 is 6.10 Å². The second kappa shape index (κ2) is 6.56. The number of hydrogen-bond donors (Lipinski definition) is 1. The van der Waals surface area contributed by atoms with Crippen LogP contribution < -0.4 is 0 Å². The first-order chi connectivity index (χ1) is 7.25. The van der Waals surface area contributed by atoms with Crippen LogP contribution in [0.15, 0.2) is 30.3 Å². The highest BCUT2D eigenvalue weighted by Gasteiger charge is 2.15. The molecule has 0 amide bonds. The highest BCUT2D eigenvalue weighted by atomic mass is 16.5. The number of aliphatic hydroxyl groups is 1. The van der Waals surface area contributed by atoms with Crippen molar-refractivity contribution in [3.63, 3.8) is 0 Å². The number of ether oxygens (including phenoxy) is 2. The lowest BCUT2D eigenvalue weighted by Crippen LogP contribution is -2.20. The van der Waals surface area contributed by atoms with Gasteiger partial charge in [0.1, 0.15) is 6.10 Å². The Kier molecular flexibility index (Phi) is 5.32. The summed E-state index contributed by atoms with van der Waals surface area (Å²) >= 11 is 0. The van der Waals surface area contributed by atoms with Gasteiger partial charge in [0.2, 0.25) is 0 Å². The van der Waals surface area contributed by atoms with Crippen LogP contribution in [0.5, 0.6) is 0 Å². The molecule has 84 valence electrons. The van der Waals surface area contributed by atoms with Crippen LogP contribution in [0, 0.1) is 0 Å². The zero-order valence-electron chi connectivity index (χ0n) is 9.22. The summed E-state index contributed by atoms with van der Waals surface area (Å²) in [7, 11) is 1.63. The molecular weight excluding hydrogens is 192 g/mol. The molecule has 0 radical (unpaired) electrons. The van der Waals surface area contributed by atoms with Crippen LogP contribution in [0.3, 0.4) is 0 Å². The fourth-order valence-corrected chi connectivity index (χ4v) is 1.33. The summed E-state index contributed by atoms with van der Waals surface area (Å²) in [5.41, 5.74) is 0.877. The van der Waals surface area contributed by atoms with E-state index in [1.54, 1.807) is 7.11 Å². The number of aliphatic hydroxyl groups excluding tert-OH is 1. The first-order valence-corrected chi connectivity index (χ1v) is 5.09. The van der Waals surface area contributed by atoms with Gasteiger partial charge in [-0.1, -0.05) is 30.3 Å². The molecule has 1 N–H and O–H groups in total. The van der Waals surface area contributed by atoms with E-state index in [0.29, 0.717) is 13.2 Å². The smallest absolute Gasteiger partial charge is 0.105 e. The molecule has 3 nitrogen and oxygen atoms in total. The largest absolute Gasteiger partial charge is 0.386 e. The summed E-state index contributed by atoms with van der Waals surface area (Å²) in [6.07, 6.45) is -0.800. The molecule has 1 aromatic rings. The zero-order valence-corrected chi connectivity index (χ0v) is 9.22. The van der Waals surface area contributed by atoms with Gasteiger partial charge in [0, 0.05) is 7.11 Å². The second-order valence-corrected chi connectivity index (χ2v) is 3.42. The molecule has 1 rings (SSSR count). The molecule has 2 unspecified atom stereocenters. The molecule has 3 heteroatoms. The molecule has 0 fully saturated rings. The van der Waals surface area contributed by atoms with Gasteiger partial charge in [-0.15, -0.1) is 0 Å². The standard InChI is InChI=1S/C12H18O3/c1-10(15-9-8-14-2)12(13)11-6-4-3-5-7-11/h3-7,10,12-13H,8-9H2,1-2H3. The second-order valence-electron chi connectivity index (χ2n) is 3.42. The lowest BCUT2D eigenvalue weighted by Gasteiger charge is -2.19. The Hall–Kier alpha value is -0.900. The third-order valence-corrected chi connectivity index (χ3v) is 2.25. The van der Waals surface area contributed by atoms with Crippen LogP contribution in [0.4, 0.5) is 0 Å². The van der Waals surface area contributed by atoms with Gasteiger partial charge in [0.15, 0.2) is 0 Å². The fourth-order valence-electron chi connectivity index (χ4n) is 1.33. The van der Waals surface area contributed by atoms with Crippen molar-refractivity contribution in [2.24, 2.45) is 0 Å². The zero-order chi connectivity index (χ0) is 11.1. The quantitative estimate of drug-likeness (QED) is 0.727. The summed E-state index contributed by atoms with van der Waals surface area (Å²) in [5, 5.41) is 9.92. The Morgan fingerprint density at radius 2 is 1.87 bits per heavy atom. The van der Waals surface area contributed by atoms with Gasteiger partial charge >= 0.3 is 0 Å². The number of hydrogen-bond acceptors (Lipinski definition) is 3. The summed E-state index contributed by atoms with van der Waals surface area (Å²) < 4.78 is 10.3. The molecule has 0 aromatic heterocycles. The van der Waals surface area contributed by atoms with E-state index in [4.69, 9.17) is 9.47 Å². The van der Waals surface area contributed by atoms with Crippen LogP contribution in [0.2, 0.25) is 0 Å². The summed E-state index contributed by atoms with van der Waals surface area (Å²) in [6.45, 7) is 2.90. The van der Waals surface area contributed by atoms with Gasteiger partial charge < -0.3 is 14.6 Å². The minimum atomic E-state index is -0.581. The van der Waals surface area contributed by atoms with Gasteiger partial charge in [0.05, 0.1) is 19.3 Å². The Morgan fingerprint density at radius 1 is 1.20 bits per heavy atom. The molecule has 0 spiro atoms. The number of benzene rings is 1. The molecule has 0 aliphatic carbocycles. The summed E-state index contributed by atoms with van der Waals surface area (Å²) in [5.74, 6) is 0. The van der Waals surface area contributed by atoms with Gasteiger partial charge in [-0.2, -0.15) is 0 Å². The molecule has 15 heavy (non-hydrogen) atoms. The molecular formula is C12H18O3. The molecule has 0 aliphatic heterocycles. The van der Waals surface area contributed by atoms with Crippen molar-refractivity contribution < 1.29 is 14.6 Å². The van der Waals surface area contributed by atoms with Gasteiger partial charge in [-0.3, -0.25) is 0 Å². The average molecular weight is 210 g/mol. The van der Waals surface area contributed by atoms with E-state index in [1.165, 1.54) is 0 Å². The van der Waals surface area contributed by atoms with E-state index >= 15 is 0 Å². The van der Waals surface area contributed by atoms with E-state index in [2.05, 4.69) is 0 Å². The average Bonchev–Trinajstić information content (AvgIpc) is 2.29. The first kappa shape index (κ1) is 12.2. The molecule has 2 atom stereocenters. The highest BCUT2D eigenvalue weighted by Crippen LogP contribution is 2.18. The van der Waals surface area contributed by atoms with Gasteiger partial charge in [0.25, 0.3) is 0 Å². The number of rotatable bonds is 6.